The fourth-order valence-corrected chi connectivity index (χ4v) is 3.32. The highest BCUT2D eigenvalue weighted by Gasteiger charge is 2.47. The van der Waals surface area contributed by atoms with Crippen LogP contribution in [-0.4, -0.2) is 48.1 Å². The van der Waals surface area contributed by atoms with Gasteiger partial charge in [-0.05, 0) is 38.0 Å². The zero-order valence-electron chi connectivity index (χ0n) is 12.1. The second kappa shape index (κ2) is 5.72. The van der Waals surface area contributed by atoms with E-state index in [0.717, 1.165) is 45.1 Å². The number of carbonyl (C=O) groups is 2. The van der Waals surface area contributed by atoms with Gasteiger partial charge in [-0.2, -0.15) is 0 Å². The molecule has 1 aliphatic carbocycles. The first-order valence-corrected chi connectivity index (χ1v) is 7.93. The van der Waals surface area contributed by atoms with Gasteiger partial charge in [0.05, 0.1) is 6.10 Å². The molecule has 0 aromatic rings. The Hall–Kier alpha value is -1.10. The number of hydrogen-bond donors (Lipinski definition) is 1. The maximum Gasteiger partial charge on any atom is 0.246 e. The summed E-state index contributed by atoms with van der Waals surface area (Å²) >= 11 is 0. The largest absolute Gasteiger partial charge is 0.376 e. The monoisotopic (exact) mass is 280 g/mol. The molecule has 3 atom stereocenters. The van der Waals surface area contributed by atoms with Gasteiger partial charge in [0.15, 0.2) is 0 Å². The lowest BCUT2D eigenvalue weighted by atomic mass is 9.99. The second-order valence-corrected chi connectivity index (χ2v) is 6.25. The Balaban J connectivity index is 1.74. The fourth-order valence-electron chi connectivity index (χ4n) is 3.32. The van der Waals surface area contributed by atoms with Crippen LogP contribution in [0.5, 0.6) is 0 Å². The van der Waals surface area contributed by atoms with E-state index in [1.54, 1.807) is 4.90 Å². The molecule has 3 rings (SSSR count). The number of rotatable bonds is 5. The molecule has 5 heteroatoms. The Morgan fingerprint density at radius 3 is 2.70 bits per heavy atom. The highest BCUT2D eigenvalue weighted by molar-refractivity contribution is 5.97. The number of amides is 2. The lowest BCUT2D eigenvalue weighted by molar-refractivity contribution is -0.152. The van der Waals surface area contributed by atoms with Gasteiger partial charge in [0, 0.05) is 13.2 Å². The predicted octanol–water partition coefficient (Wildman–Crippen LogP) is 1.07. The van der Waals surface area contributed by atoms with E-state index in [1.165, 1.54) is 0 Å². The van der Waals surface area contributed by atoms with Crippen molar-refractivity contribution >= 4 is 11.8 Å². The molecule has 2 amide bonds. The summed E-state index contributed by atoms with van der Waals surface area (Å²) in [4.78, 5) is 26.8. The summed E-state index contributed by atoms with van der Waals surface area (Å²) in [5.74, 6) is 0.503. The highest BCUT2D eigenvalue weighted by atomic mass is 16.5. The summed E-state index contributed by atoms with van der Waals surface area (Å²) in [6, 6.07) is -0.580. The summed E-state index contributed by atoms with van der Waals surface area (Å²) in [7, 11) is 0. The molecule has 0 aromatic heterocycles. The Morgan fingerprint density at radius 2 is 2.10 bits per heavy atom. The first kappa shape index (κ1) is 13.9. The number of hydrogen-bond acceptors (Lipinski definition) is 3. The van der Waals surface area contributed by atoms with Crippen molar-refractivity contribution in [3.8, 4) is 0 Å². The van der Waals surface area contributed by atoms with E-state index in [4.69, 9.17) is 4.74 Å². The molecule has 0 radical (unpaired) electrons. The molecule has 0 aromatic carbocycles. The minimum atomic E-state index is -0.299. The van der Waals surface area contributed by atoms with Crippen molar-refractivity contribution in [2.45, 2.75) is 63.6 Å². The SMILES string of the molecule is CCCC1C(=O)NC(C2CC2)C(=O)N1CC1CCCO1. The van der Waals surface area contributed by atoms with E-state index in [-0.39, 0.29) is 30.0 Å². The Kier molecular flexibility index (Phi) is 3.96. The molecule has 1 saturated carbocycles. The van der Waals surface area contributed by atoms with Gasteiger partial charge in [-0.3, -0.25) is 9.59 Å². The maximum absolute atomic E-state index is 12.7. The van der Waals surface area contributed by atoms with Crippen LogP contribution in [0.2, 0.25) is 0 Å². The zero-order valence-corrected chi connectivity index (χ0v) is 12.1. The lowest BCUT2D eigenvalue weighted by Gasteiger charge is -2.40. The van der Waals surface area contributed by atoms with Gasteiger partial charge < -0.3 is 15.0 Å². The van der Waals surface area contributed by atoms with Crippen molar-refractivity contribution in [2.24, 2.45) is 5.92 Å². The third-order valence-corrected chi connectivity index (χ3v) is 4.61. The fraction of sp³-hybridized carbons (Fsp3) is 0.867. The van der Waals surface area contributed by atoms with Crippen LogP contribution in [-0.2, 0) is 14.3 Å². The standard InChI is InChI=1S/C15H24N2O3/c1-2-4-12-14(18)16-13(10-6-7-10)15(19)17(12)9-11-5-3-8-20-11/h10-13H,2-9H2,1H3,(H,16,18). The zero-order chi connectivity index (χ0) is 14.1. The highest BCUT2D eigenvalue weighted by Crippen LogP contribution is 2.35. The van der Waals surface area contributed by atoms with Crippen LogP contribution in [0.25, 0.3) is 0 Å². The van der Waals surface area contributed by atoms with Crippen molar-refractivity contribution < 1.29 is 14.3 Å². The predicted molar refractivity (Wildman–Crippen MR) is 74.0 cm³/mol. The summed E-state index contributed by atoms with van der Waals surface area (Å²) in [5.41, 5.74) is 0. The Labute approximate surface area is 120 Å². The number of carbonyl (C=O) groups excluding carboxylic acids is 2. The first-order valence-electron chi connectivity index (χ1n) is 7.93. The van der Waals surface area contributed by atoms with Gasteiger partial charge in [-0.25, -0.2) is 0 Å². The van der Waals surface area contributed by atoms with Crippen LogP contribution in [0.3, 0.4) is 0 Å². The molecule has 112 valence electrons. The normalized spacial score (nSPS) is 34.5. The van der Waals surface area contributed by atoms with Crippen LogP contribution in [0.1, 0.15) is 45.4 Å². The third-order valence-electron chi connectivity index (χ3n) is 4.61. The second-order valence-electron chi connectivity index (χ2n) is 6.25. The average Bonchev–Trinajstić information content (AvgIpc) is 3.15. The molecule has 5 nitrogen and oxygen atoms in total. The number of piperazine rings is 1. The van der Waals surface area contributed by atoms with Crippen molar-refractivity contribution in [3.63, 3.8) is 0 Å². The number of ether oxygens (including phenoxy) is 1. The van der Waals surface area contributed by atoms with E-state index in [9.17, 15) is 9.59 Å². The third kappa shape index (κ3) is 2.68. The average molecular weight is 280 g/mol. The lowest BCUT2D eigenvalue weighted by Crippen LogP contribution is -2.65. The Bertz CT molecular complexity index is 389. The quantitative estimate of drug-likeness (QED) is 0.819. The summed E-state index contributed by atoms with van der Waals surface area (Å²) < 4.78 is 5.65. The van der Waals surface area contributed by atoms with Gasteiger partial charge in [0.1, 0.15) is 12.1 Å². The molecule has 20 heavy (non-hydrogen) atoms. The van der Waals surface area contributed by atoms with Gasteiger partial charge in [-0.1, -0.05) is 13.3 Å². The Morgan fingerprint density at radius 1 is 1.30 bits per heavy atom. The molecule has 0 spiro atoms. The topological polar surface area (TPSA) is 58.6 Å². The summed E-state index contributed by atoms with van der Waals surface area (Å²) in [6.07, 6.45) is 5.93. The van der Waals surface area contributed by atoms with Crippen molar-refractivity contribution in [1.29, 1.82) is 0 Å². The van der Waals surface area contributed by atoms with Crippen LogP contribution in [0, 0.1) is 5.92 Å². The molecule has 2 heterocycles. The number of nitrogens with zero attached hydrogens (tertiary/aromatic N) is 1. The van der Waals surface area contributed by atoms with Crippen LogP contribution < -0.4 is 5.32 Å². The molecule has 2 saturated heterocycles. The molecule has 3 aliphatic rings. The van der Waals surface area contributed by atoms with Gasteiger partial charge in [0.25, 0.3) is 0 Å². The van der Waals surface area contributed by atoms with E-state index in [2.05, 4.69) is 12.2 Å². The van der Waals surface area contributed by atoms with E-state index >= 15 is 0 Å². The van der Waals surface area contributed by atoms with E-state index in [1.807, 2.05) is 0 Å². The summed E-state index contributed by atoms with van der Waals surface area (Å²) in [6.45, 7) is 3.42. The van der Waals surface area contributed by atoms with Crippen LogP contribution >= 0.6 is 0 Å². The van der Waals surface area contributed by atoms with Crippen molar-refractivity contribution in [2.75, 3.05) is 13.2 Å². The van der Waals surface area contributed by atoms with Crippen LogP contribution in [0.15, 0.2) is 0 Å². The minimum Gasteiger partial charge on any atom is -0.376 e. The van der Waals surface area contributed by atoms with Crippen LogP contribution in [0.4, 0.5) is 0 Å². The molecule has 2 aliphatic heterocycles. The molecule has 0 bridgehead atoms. The van der Waals surface area contributed by atoms with Crippen molar-refractivity contribution in [3.05, 3.63) is 0 Å². The molecular weight excluding hydrogens is 256 g/mol. The van der Waals surface area contributed by atoms with Crippen molar-refractivity contribution in [1.82, 2.24) is 10.2 Å². The van der Waals surface area contributed by atoms with Gasteiger partial charge >= 0.3 is 0 Å². The van der Waals surface area contributed by atoms with Gasteiger partial charge in [-0.15, -0.1) is 0 Å². The smallest absolute Gasteiger partial charge is 0.246 e. The molecule has 3 fully saturated rings. The molecular formula is C15H24N2O3. The minimum absolute atomic E-state index is 0.0290. The number of nitrogens with one attached hydrogen (secondary N) is 1. The first-order chi connectivity index (χ1) is 9.70. The molecule has 1 N–H and O–H groups in total. The van der Waals surface area contributed by atoms with E-state index < -0.39 is 0 Å². The van der Waals surface area contributed by atoms with E-state index in [0.29, 0.717) is 12.5 Å². The maximum atomic E-state index is 12.7. The molecule has 3 unspecified atom stereocenters. The summed E-state index contributed by atoms with van der Waals surface area (Å²) in [5, 5.41) is 2.95. The van der Waals surface area contributed by atoms with Gasteiger partial charge in [0.2, 0.25) is 11.8 Å².